The molecule has 1 aromatic heterocycles. The Morgan fingerprint density at radius 1 is 1.01 bits per heavy atom. The number of benzene rings is 3. The number of likely N-dealkylation sites (tertiary alicyclic amines) is 2. The molecule has 3 aliphatic heterocycles. The monoisotopic (exact) mass is 1020 g/mol. The second-order valence-electron chi connectivity index (χ2n) is 19.6. The number of thiocarbonyl (C=S) groups is 1. The summed E-state index contributed by atoms with van der Waals surface area (Å²) in [5.74, 6) is -1.06. The summed E-state index contributed by atoms with van der Waals surface area (Å²) in [4.78, 5) is 66.2. The Morgan fingerprint density at radius 3 is 2.31 bits per heavy atom. The number of aromatic nitrogens is 1. The van der Waals surface area contributed by atoms with E-state index in [0.717, 1.165) is 51.6 Å². The Hall–Kier alpha value is -5.98. The Kier molecular flexibility index (Phi) is 16.2. The molecule has 3 N–H and O–H groups in total. The summed E-state index contributed by atoms with van der Waals surface area (Å²) >= 11 is 7.21. The van der Waals surface area contributed by atoms with Gasteiger partial charge in [-0.2, -0.15) is 18.4 Å². The third-order valence-corrected chi connectivity index (χ3v) is 14.4. The normalized spacial score (nSPS) is 19.2. The summed E-state index contributed by atoms with van der Waals surface area (Å²) < 4.78 is 53.3. The van der Waals surface area contributed by atoms with E-state index in [1.54, 1.807) is 65.9 Å². The molecule has 4 aromatic rings. The molecule has 0 spiro atoms. The van der Waals surface area contributed by atoms with Crippen LogP contribution in [-0.4, -0.2) is 118 Å². The first-order valence-corrected chi connectivity index (χ1v) is 24.8. The summed E-state index contributed by atoms with van der Waals surface area (Å²) in [5, 5.41) is 25.7. The lowest BCUT2D eigenvalue weighted by Crippen LogP contribution is -2.58. The van der Waals surface area contributed by atoms with Crippen LogP contribution in [0.5, 0.6) is 5.75 Å². The van der Waals surface area contributed by atoms with Gasteiger partial charge >= 0.3 is 6.18 Å². The first kappa shape index (κ1) is 52.8. The number of carbonyl (C=O) groups excluding carboxylic acids is 4. The van der Waals surface area contributed by atoms with Crippen LogP contribution < -0.4 is 25.2 Å². The van der Waals surface area contributed by atoms with Crippen LogP contribution in [0.2, 0.25) is 0 Å². The lowest BCUT2D eigenvalue weighted by molar-refractivity contribution is -0.144. The molecule has 4 heterocycles. The van der Waals surface area contributed by atoms with Crippen LogP contribution in [0, 0.1) is 23.7 Å². The van der Waals surface area contributed by atoms with Gasteiger partial charge in [0.1, 0.15) is 30.0 Å². The summed E-state index contributed by atoms with van der Waals surface area (Å²) in [6.45, 7) is 13.5. The molecular formula is C51H59F3N8O7S2. The van der Waals surface area contributed by atoms with Crippen LogP contribution in [0.4, 0.5) is 24.5 Å². The Labute approximate surface area is 420 Å². The van der Waals surface area contributed by atoms with Crippen molar-refractivity contribution in [1.82, 2.24) is 25.4 Å². The van der Waals surface area contributed by atoms with Crippen molar-refractivity contribution >= 4 is 63.7 Å². The van der Waals surface area contributed by atoms with Crippen LogP contribution in [0.1, 0.15) is 82.7 Å². The fourth-order valence-corrected chi connectivity index (χ4v) is 10.4. The van der Waals surface area contributed by atoms with Gasteiger partial charge in [0.15, 0.2) is 5.11 Å². The Balaban J connectivity index is 0.828. The summed E-state index contributed by atoms with van der Waals surface area (Å²) in [7, 11) is 0. The molecule has 0 unspecified atom stereocenters. The standard InChI is InChI=1S/C51H59F3N8O7S2/c1-31-43(71-30-57-31)33-9-7-32(8-10-33)28-56-45(65)41-26-37(63)29-60(41)46(66)44(49(2,3)4)58-42(64)19-22-59-20-17-39(18-21-59)69-24-23-68-38-15-13-35(14-16-38)62-48(70)61(47(67)50(62,5)6)36-12-11-34(27-55)40(25-36)51(52,53)54/h7-16,25,30,37,39,41,44,63H,17-24,26,28-29H2,1-6H3,(H,56,65)(H,58,64)/t37-,41+,44-/m1/s1. The zero-order valence-corrected chi connectivity index (χ0v) is 42.2. The number of thiazole rings is 1. The maximum atomic E-state index is 14.1. The second kappa shape index (κ2) is 21.8. The van der Waals surface area contributed by atoms with E-state index >= 15 is 0 Å². The van der Waals surface area contributed by atoms with E-state index in [1.165, 1.54) is 11.0 Å². The Morgan fingerprint density at radius 2 is 1.69 bits per heavy atom. The maximum absolute atomic E-state index is 14.1. The van der Waals surface area contributed by atoms with Crippen molar-refractivity contribution in [3.63, 3.8) is 0 Å². The molecule has 71 heavy (non-hydrogen) atoms. The fraction of sp³-hybridized carbons (Fsp3) is 0.471. The van der Waals surface area contributed by atoms with Crippen molar-refractivity contribution in [2.24, 2.45) is 5.41 Å². The van der Waals surface area contributed by atoms with Gasteiger partial charge in [-0.25, -0.2) is 4.98 Å². The van der Waals surface area contributed by atoms with Gasteiger partial charge in [-0.3, -0.25) is 24.1 Å². The first-order chi connectivity index (χ1) is 33.6. The number of ether oxygens (including phenoxy) is 2. The summed E-state index contributed by atoms with van der Waals surface area (Å²) in [6.07, 6.45) is -3.92. The number of aliphatic hydroxyl groups is 1. The molecule has 3 aliphatic rings. The van der Waals surface area contributed by atoms with E-state index in [1.807, 2.05) is 52.0 Å². The van der Waals surface area contributed by atoms with Gasteiger partial charge in [0, 0.05) is 51.3 Å². The van der Waals surface area contributed by atoms with Gasteiger partial charge in [-0.15, -0.1) is 11.3 Å². The lowest BCUT2D eigenvalue weighted by atomic mass is 9.85. The number of alkyl halides is 3. The summed E-state index contributed by atoms with van der Waals surface area (Å²) in [6, 6.07) is 17.5. The van der Waals surface area contributed by atoms with E-state index in [2.05, 4.69) is 20.5 Å². The second-order valence-corrected chi connectivity index (χ2v) is 20.8. The highest BCUT2D eigenvalue weighted by molar-refractivity contribution is 7.81. The van der Waals surface area contributed by atoms with E-state index in [-0.39, 0.29) is 61.3 Å². The number of aliphatic hydroxyl groups excluding tert-OH is 1. The number of aryl methyl sites for hydroxylation is 1. The number of nitriles is 1. The van der Waals surface area contributed by atoms with Crippen LogP contribution in [0.3, 0.4) is 0 Å². The number of halogens is 3. The Bertz CT molecular complexity index is 2640. The number of hydrogen-bond donors (Lipinski definition) is 3. The highest BCUT2D eigenvalue weighted by Gasteiger charge is 2.51. The molecule has 3 saturated heterocycles. The topological polar surface area (TPSA) is 181 Å². The molecule has 20 heteroatoms. The number of nitrogens with one attached hydrogen (secondary N) is 2. The average molecular weight is 1020 g/mol. The zero-order chi connectivity index (χ0) is 51.4. The predicted molar refractivity (Wildman–Crippen MR) is 266 cm³/mol. The van der Waals surface area contributed by atoms with Gasteiger partial charge in [-0.05, 0) is 105 Å². The minimum Gasteiger partial charge on any atom is -0.491 e. The highest BCUT2D eigenvalue weighted by Crippen LogP contribution is 2.40. The number of β-amino-alcohol motifs (C(OH)–C–C–N with tert-alkyl or cyclic N) is 1. The average Bonchev–Trinajstić information content (AvgIpc) is 4.00. The van der Waals surface area contributed by atoms with Crippen molar-refractivity contribution in [2.75, 3.05) is 49.2 Å². The minimum absolute atomic E-state index is 0.00355. The molecule has 15 nitrogen and oxygen atoms in total. The zero-order valence-electron chi connectivity index (χ0n) is 40.5. The van der Waals surface area contributed by atoms with Crippen molar-refractivity contribution < 1.29 is 46.9 Å². The number of rotatable bonds is 16. The number of hydrogen-bond acceptors (Lipinski definition) is 12. The number of anilines is 2. The largest absolute Gasteiger partial charge is 0.491 e. The van der Waals surface area contributed by atoms with Crippen molar-refractivity contribution in [2.45, 2.75) is 110 Å². The number of amides is 4. The van der Waals surface area contributed by atoms with E-state index in [4.69, 9.17) is 21.7 Å². The molecule has 0 radical (unpaired) electrons. The molecule has 0 aliphatic carbocycles. The van der Waals surface area contributed by atoms with Gasteiger partial charge in [0.2, 0.25) is 17.7 Å². The molecule has 4 amide bonds. The first-order valence-electron chi connectivity index (χ1n) is 23.5. The van der Waals surface area contributed by atoms with Crippen LogP contribution in [-0.2, 0) is 36.6 Å². The molecule has 378 valence electrons. The van der Waals surface area contributed by atoms with Crippen LogP contribution in [0.15, 0.2) is 72.2 Å². The maximum Gasteiger partial charge on any atom is 0.417 e. The van der Waals surface area contributed by atoms with Crippen molar-refractivity contribution in [1.29, 1.82) is 5.26 Å². The van der Waals surface area contributed by atoms with Crippen molar-refractivity contribution in [3.8, 4) is 22.3 Å². The lowest BCUT2D eigenvalue weighted by Gasteiger charge is -2.36. The van der Waals surface area contributed by atoms with E-state index < -0.39 is 58.3 Å². The molecule has 3 aromatic carbocycles. The fourth-order valence-electron chi connectivity index (χ4n) is 9.10. The third kappa shape index (κ3) is 12.2. The molecule has 3 atom stereocenters. The number of nitrogens with zero attached hydrogens (tertiary/aromatic N) is 6. The molecule has 7 rings (SSSR count). The van der Waals surface area contributed by atoms with Crippen molar-refractivity contribution in [3.05, 3.63) is 94.6 Å². The van der Waals surface area contributed by atoms with Gasteiger partial charge in [0.05, 0.1) is 57.8 Å². The summed E-state index contributed by atoms with van der Waals surface area (Å²) in [5.41, 5.74) is 1.50. The van der Waals surface area contributed by atoms with Crippen LogP contribution in [0.25, 0.3) is 10.4 Å². The molecule has 3 fully saturated rings. The molecule has 0 bridgehead atoms. The van der Waals surface area contributed by atoms with Gasteiger partial charge in [-0.1, -0.05) is 45.0 Å². The SMILES string of the molecule is Cc1ncsc1-c1ccc(CNC(=O)[C@@H]2C[C@@H](O)CN2C(=O)[C@@H](NC(=O)CCN2CCC(OCCOc3ccc(N4C(=S)N(c5ccc(C#N)c(C(F)(F)F)c5)C(=O)C4(C)C)cc3)CC2)C(C)(C)C)cc1. The number of carbonyl (C=O) groups is 4. The minimum atomic E-state index is -4.81. The number of piperidine rings is 1. The molecular weight excluding hydrogens is 958 g/mol. The third-order valence-electron chi connectivity index (χ3n) is 13.1. The predicted octanol–water partition coefficient (Wildman–Crippen LogP) is 6.98. The smallest absolute Gasteiger partial charge is 0.417 e. The highest BCUT2D eigenvalue weighted by atomic mass is 32.1. The quantitative estimate of drug-likeness (QED) is 0.0775. The van der Waals surface area contributed by atoms with E-state index in [9.17, 15) is 42.7 Å². The van der Waals surface area contributed by atoms with Gasteiger partial charge < -0.3 is 39.9 Å². The van der Waals surface area contributed by atoms with Crippen LogP contribution >= 0.6 is 23.6 Å². The van der Waals surface area contributed by atoms with Gasteiger partial charge in [0.25, 0.3) is 5.91 Å². The molecule has 0 saturated carbocycles. The van der Waals surface area contributed by atoms with E-state index in [0.29, 0.717) is 37.7 Å².